The monoisotopic (exact) mass is 222 g/mol. The van der Waals surface area contributed by atoms with E-state index in [0.717, 1.165) is 5.57 Å². The van der Waals surface area contributed by atoms with Crippen molar-refractivity contribution in [2.24, 2.45) is 4.99 Å². The molecule has 0 aliphatic heterocycles. The van der Waals surface area contributed by atoms with Crippen LogP contribution in [0.25, 0.3) is 0 Å². The third-order valence-electron chi connectivity index (χ3n) is 0.398. The van der Waals surface area contributed by atoms with Crippen molar-refractivity contribution in [1.29, 1.82) is 5.41 Å². The first-order valence-corrected chi connectivity index (χ1v) is 3.14. The summed E-state index contributed by atoms with van der Waals surface area (Å²) in [5.74, 6) is 0. The number of rotatable bonds is 1. The molecule has 0 heterocycles. The average Bonchev–Trinajstić information content (AvgIpc) is 1.61. The summed E-state index contributed by atoms with van der Waals surface area (Å²) in [5, 5.41) is 6.84. The van der Waals surface area contributed by atoms with Gasteiger partial charge in [0.25, 0.3) is 0 Å². The summed E-state index contributed by atoms with van der Waals surface area (Å²) in [7, 11) is 0. The third-order valence-corrected chi connectivity index (χ3v) is 0.677. The lowest BCUT2D eigenvalue weighted by molar-refractivity contribution is 1.51. The zero-order valence-corrected chi connectivity index (χ0v) is 6.77. The Kier molecular flexibility index (Phi) is 3.68. The molecule has 0 aliphatic rings. The summed E-state index contributed by atoms with van der Waals surface area (Å²) < 4.78 is 0.283. The predicted octanol–water partition coefficient (Wildman–Crippen LogP) is 2.00. The second kappa shape index (κ2) is 3.77. The van der Waals surface area contributed by atoms with E-state index in [-0.39, 0.29) is 3.84 Å². The molecule has 0 aromatic carbocycles. The molecule has 2 nitrogen and oxygen atoms in total. The molecule has 1 N–H and O–H groups in total. The fourth-order valence-electron chi connectivity index (χ4n) is 0.167. The number of hydrogen-bond donors (Lipinski definition) is 1. The van der Waals surface area contributed by atoms with Crippen LogP contribution in [0.5, 0.6) is 0 Å². The zero-order chi connectivity index (χ0) is 6.57. The van der Waals surface area contributed by atoms with Crippen molar-refractivity contribution in [2.75, 3.05) is 0 Å². The Labute approximate surface area is 62.4 Å². The first-order valence-electron chi connectivity index (χ1n) is 2.06. The van der Waals surface area contributed by atoms with Gasteiger partial charge in [0.1, 0.15) is 0 Å². The Hall–Kier alpha value is -0.190. The Morgan fingerprint density at radius 2 is 2.38 bits per heavy atom. The number of halogens is 1. The summed E-state index contributed by atoms with van der Waals surface area (Å²) in [5.41, 5.74) is 0.867. The molecule has 0 aromatic rings. The van der Waals surface area contributed by atoms with Gasteiger partial charge < -0.3 is 0 Å². The van der Waals surface area contributed by atoms with E-state index >= 15 is 0 Å². The molecule has 0 amide bonds. The summed E-state index contributed by atoms with van der Waals surface area (Å²) in [6.45, 7) is 5.41. The van der Waals surface area contributed by atoms with Gasteiger partial charge in [-0.1, -0.05) is 6.58 Å². The quantitative estimate of drug-likeness (QED) is 0.305. The Bertz CT molecular complexity index is 121. The predicted molar refractivity (Wildman–Crippen MR) is 45.1 cm³/mol. The molecule has 0 saturated heterocycles. The van der Waals surface area contributed by atoms with Crippen LogP contribution in [0, 0.1) is 5.41 Å². The van der Waals surface area contributed by atoms with E-state index < -0.39 is 0 Å². The largest absolute Gasteiger partial charge is 0.277 e. The number of nitrogens with one attached hydrogen (secondary N) is 1. The molecule has 0 atom stereocenters. The molecule has 0 radical (unpaired) electrons. The van der Waals surface area contributed by atoms with E-state index in [2.05, 4.69) is 11.6 Å². The van der Waals surface area contributed by atoms with Crippen molar-refractivity contribution in [3.05, 3.63) is 12.2 Å². The van der Waals surface area contributed by atoms with Crippen molar-refractivity contribution in [3.63, 3.8) is 0 Å². The van der Waals surface area contributed by atoms with Gasteiger partial charge in [0, 0.05) is 28.8 Å². The summed E-state index contributed by atoms with van der Waals surface area (Å²) in [6.07, 6.45) is 1.56. The first-order chi connectivity index (χ1) is 3.63. The molecule has 3 heteroatoms. The van der Waals surface area contributed by atoms with Gasteiger partial charge in [-0.3, -0.25) is 5.41 Å². The van der Waals surface area contributed by atoms with Gasteiger partial charge in [-0.05, 0) is 12.5 Å². The minimum Gasteiger partial charge on any atom is -0.277 e. The van der Waals surface area contributed by atoms with E-state index in [4.69, 9.17) is 5.41 Å². The maximum atomic E-state index is 6.84. The third kappa shape index (κ3) is 5.81. The number of allylic oxidation sites excluding steroid dienone is 1. The normalized spacial score (nSPS) is 9.75. The minimum atomic E-state index is 0.283. The van der Waals surface area contributed by atoms with Crippen molar-refractivity contribution >= 4 is 32.6 Å². The molecule has 0 aromatic heterocycles. The molecule has 8 heavy (non-hydrogen) atoms. The van der Waals surface area contributed by atoms with Gasteiger partial charge in [0.15, 0.2) is 3.84 Å². The van der Waals surface area contributed by atoms with Crippen molar-refractivity contribution in [2.45, 2.75) is 6.92 Å². The molecule has 44 valence electrons. The summed E-state index contributed by atoms with van der Waals surface area (Å²) in [6, 6.07) is 0. The summed E-state index contributed by atoms with van der Waals surface area (Å²) >= 11 is 1.82. The van der Waals surface area contributed by atoms with E-state index in [1.165, 1.54) is 0 Å². The van der Waals surface area contributed by atoms with Crippen LogP contribution in [0.3, 0.4) is 0 Å². The van der Waals surface area contributed by atoms with E-state index in [1.54, 1.807) is 6.21 Å². The number of amidine groups is 1. The lowest BCUT2D eigenvalue weighted by Gasteiger charge is -1.81. The van der Waals surface area contributed by atoms with Crippen LogP contribution in [0.4, 0.5) is 0 Å². The molecule has 0 saturated carbocycles. The Morgan fingerprint density at radius 3 is 2.50 bits per heavy atom. The minimum absolute atomic E-state index is 0.283. The highest BCUT2D eigenvalue weighted by atomic mass is 127. The molecular formula is C5H7IN2. The van der Waals surface area contributed by atoms with Gasteiger partial charge >= 0.3 is 0 Å². The molecule has 0 spiro atoms. The molecule has 0 bridgehead atoms. The van der Waals surface area contributed by atoms with Gasteiger partial charge in [0.2, 0.25) is 0 Å². The van der Waals surface area contributed by atoms with Gasteiger partial charge in [-0.25, -0.2) is 4.99 Å². The van der Waals surface area contributed by atoms with Crippen molar-refractivity contribution in [3.8, 4) is 0 Å². The summed E-state index contributed by atoms with van der Waals surface area (Å²) in [4.78, 5) is 3.67. The fourth-order valence-corrected chi connectivity index (χ4v) is 0.306. The van der Waals surface area contributed by atoms with Crippen LogP contribution in [-0.4, -0.2) is 10.1 Å². The SMILES string of the molecule is C=C(C)C=NC(=N)I. The van der Waals surface area contributed by atoms with E-state index in [9.17, 15) is 0 Å². The first kappa shape index (κ1) is 7.81. The molecule has 0 fully saturated rings. The van der Waals surface area contributed by atoms with Crippen molar-refractivity contribution < 1.29 is 0 Å². The second-order valence-corrected chi connectivity index (χ2v) is 2.42. The van der Waals surface area contributed by atoms with Crippen LogP contribution < -0.4 is 0 Å². The van der Waals surface area contributed by atoms with Crippen molar-refractivity contribution in [1.82, 2.24) is 0 Å². The molecule has 0 aliphatic carbocycles. The molecular weight excluding hydrogens is 215 g/mol. The van der Waals surface area contributed by atoms with Gasteiger partial charge in [-0.15, -0.1) is 0 Å². The van der Waals surface area contributed by atoms with Crippen LogP contribution in [-0.2, 0) is 0 Å². The number of aliphatic imine (C=N–C) groups is 1. The number of nitrogens with zero attached hydrogens (tertiary/aromatic N) is 1. The standard InChI is InChI=1S/C5H7IN2/c1-4(2)3-8-5(6)7/h3,7H,1H2,2H3. The highest BCUT2D eigenvalue weighted by Crippen LogP contribution is 1.88. The van der Waals surface area contributed by atoms with E-state index in [0.29, 0.717) is 0 Å². The molecule has 0 rings (SSSR count). The highest BCUT2D eigenvalue weighted by Gasteiger charge is 1.77. The lowest BCUT2D eigenvalue weighted by atomic mass is 10.4. The Morgan fingerprint density at radius 1 is 1.88 bits per heavy atom. The van der Waals surface area contributed by atoms with Gasteiger partial charge in [0.05, 0.1) is 0 Å². The number of hydrogen-bond acceptors (Lipinski definition) is 1. The van der Waals surface area contributed by atoms with Crippen LogP contribution in [0.2, 0.25) is 0 Å². The van der Waals surface area contributed by atoms with Crippen LogP contribution in [0.15, 0.2) is 17.1 Å². The fraction of sp³-hybridized carbons (Fsp3) is 0.200. The van der Waals surface area contributed by atoms with Crippen LogP contribution in [0.1, 0.15) is 6.92 Å². The lowest BCUT2D eigenvalue weighted by Crippen LogP contribution is -1.78. The highest BCUT2D eigenvalue weighted by molar-refractivity contribution is 14.1. The second-order valence-electron chi connectivity index (χ2n) is 1.40. The maximum absolute atomic E-state index is 6.84. The molecule has 0 unspecified atom stereocenters. The van der Waals surface area contributed by atoms with Crippen LogP contribution >= 0.6 is 22.6 Å². The zero-order valence-electron chi connectivity index (χ0n) is 4.61. The average molecular weight is 222 g/mol. The topological polar surface area (TPSA) is 36.2 Å². The van der Waals surface area contributed by atoms with Gasteiger partial charge in [-0.2, -0.15) is 0 Å². The maximum Gasteiger partial charge on any atom is 0.183 e. The Balaban J connectivity index is 3.67. The smallest absolute Gasteiger partial charge is 0.183 e. The van der Waals surface area contributed by atoms with E-state index in [1.807, 2.05) is 29.5 Å².